The maximum absolute atomic E-state index is 12.9. The van der Waals surface area contributed by atoms with Crippen molar-refractivity contribution in [2.45, 2.75) is 19.9 Å². The minimum absolute atomic E-state index is 0.0134. The van der Waals surface area contributed by atoms with Crippen LogP contribution in [0.2, 0.25) is 5.02 Å². The van der Waals surface area contributed by atoms with Crippen molar-refractivity contribution in [2.24, 2.45) is 0 Å². The van der Waals surface area contributed by atoms with Gasteiger partial charge < -0.3 is 19.1 Å². The van der Waals surface area contributed by atoms with E-state index in [0.29, 0.717) is 22.9 Å². The number of nitrogens with one attached hydrogen (secondary N) is 1. The highest BCUT2D eigenvalue weighted by Gasteiger charge is 2.27. The molecule has 1 atom stereocenters. The highest BCUT2D eigenvalue weighted by Crippen LogP contribution is 2.28. The van der Waals surface area contributed by atoms with E-state index in [1.165, 1.54) is 0 Å². The molecule has 29 heavy (non-hydrogen) atoms. The molecular formula is C22H26ClN3O3. The lowest BCUT2D eigenvalue weighted by Crippen LogP contribution is -2.48. The second kappa shape index (κ2) is 8.22. The number of piperazine rings is 1. The molecular weight excluding hydrogens is 390 g/mol. The van der Waals surface area contributed by atoms with Crippen molar-refractivity contribution in [1.29, 1.82) is 0 Å². The number of amides is 1. The first-order chi connectivity index (χ1) is 13.9. The Labute approximate surface area is 175 Å². The van der Waals surface area contributed by atoms with Crippen LogP contribution in [0.3, 0.4) is 0 Å². The van der Waals surface area contributed by atoms with Crippen LogP contribution in [0.1, 0.15) is 33.7 Å². The zero-order valence-corrected chi connectivity index (χ0v) is 17.8. The van der Waals surface area contributed by atoms with Crippen molar-refractivity contribution in [2.75, 3.05) is 39.8 Å². The molecule has 4 rings (SSSR count). The normalized spacial score (nSPS) is 17.0. The quantitative estimate of drug-likeness (QED) is 0.682. The van der Waals surface area contributed by atoms with Gasteiger partial charge in [-0.15, -0.1) is 0 Å². The molecule has 0 saturated carbocycles. The maximum Gasteiger partial charge on any atom is 0.287 e. The van der Waals surface area contributed by atoms with E-state index in [1.807, 2.05) is 32.0 Å². The number of hydrogen-bond donors (Lipinski definition) is 1. The number of nitrogens with zero attached hydrogens (tertiary/aromatic N) is 2. The number of fused-ring (bicyclic) bond motifs is 1. The van der Waals surface area contributed by atoms with Gasteiger partial charge in [0.25, 0.3) is 5.91 Å². The molecule has 1 amide bonds. The first kappa shape index (κ1) is 20.0. The highest BCUT2D eigenvalue weighted by molar-refractivity contribution is 6.31. The lowest BCUT2D eigenvalue weighted by atomic mass is 10.1. The fourth-order valence-electron chi connectivity index (χ4n) is 3.86. The van der Waals surface area contributed by atoms with Crippen LogP contribution in [0.15, 0.2) is 39.2 Å². The summed E-state index contributed by atoms with van der Waals surface area (Å²) in [5.74, 6) is 1.85. The molecule has 1 N–H and O–H groups in total. The minimum atomic E-state index is -0.225. The molecule has 1 saturated heterocycles. The summed E-state index contributed by atoms with van der Waals surface area (Å²) in [7, 11) is 2.13. The Hall–Kier alpha value is -2.28. The van der Waals surface area contributed by atoms with Gasteiger partial charge in [0.15, 0.2) is 5.76 Å². The van der Waals surface area contributed by atoms with E-state index in [0.717, 1.165) is 48.6 Å². The smallest absolute Gasteiger partial charge is 0.287 e. The van der Waals surface area contributed by atoms with Crippen LogP contribution >= 0.6 is 11.6 Å². The zero-order valence-electron chi connectivity index (χ0n) is 17.0. The van der Waals surface area contributed by atoms with Crippen molar-refractivity contribution in [3.63, 3.8) is 0 Å². The molecule has 3 aromatic rings. The average Bonchev–Trinajstić information content (AvgIpc) is 3.27. The summed E-state index contributed by atoms with van der Waals surface area (Å²) in [6.45, 7) is 8.11. The molecule has 0 aliphatic carbocycles. The van der Waals surface area contributed by atoms with E-state index in [-0.39, 0.29) is 11.9 Å². The van der Waals surface area contributed by atoms with Gasteiger partial charge in [0, 0.05) is 48.7 Å². The first-order valence-corrected chi connectivity index (χ1v) is 10.3. The zero-order chi connectivity index (χ0) is 20.5. The number of rotatable bonds is 5. The number of benzene rings is 1. The Balaban J connectivity index is 1.52. The van der Waals surface area contributed by atoms with Gasteiger partial charge in [0.1, 0.15) is 17.1 Å². The molecule has 2 aromatic heterocycles. The first-order valence-electron chi connectivity index (χ1n) is 9.88. The summed E-state index contributed by atoms with van der Waals surface area (Å²) in [6.07, 6.45) is 0. The number of hydrogen-bond acceptors (Lipinski definition) is 5. The number of halogens is 1. The van der Waals surface area contributed by atoms with Crippen LogP contribution in [0.4, 0.5) is 0 Å². The summed E-state index contributed by atoms with van der Waals surface area (Å²) < 4.78 is 11.7. The van der Waals surface area contributed by atoms with Crippen LogP contribution in [0.5, 0.6) is 0 Å². The second-order valence-corrected chi connectivity index (χ2v) is 8.15. The molecule has 7 heteroatoms. The van der Waals surface area contributed by atoms with Crippen LogP contribution in [-0.4, -0.2) is 55.5 Å². The third-order valence-corrected chi connectivity index (χ3v) is 5.86. The highest BCUT2D eigenvalue weighted by atomic mass is 35.5. The third kappa shape index (κ3) is 4.20. The summed E-state index contributed by atoms with van der Waals surface area (Å²) in [5, 5.41) is 4.53. The van der Waals surface area contributed by atoms with Gasteiger partial charge in [-0.2, -0.15) is 0 Å². The topological polar surface area (TPSA) is 61.9 Å². The molecule has 6 nitrogen and oxygen atoms in total. The largest absolute Gasteiger partial charge is 0.465 e. The van der Waals surface area contributed by atoms with E-state index in [2.05, 4.69) is 22.2 Å². The van der Waals surface area contributed by atoms with Crippen molar-refractivity contribution < 1.29 is 13.6 Å². The number of likely N-dealkylation sites (N-methyl/N-ethyl adjacent to an activating group) is 1. The van der Waals surface area contributed by atoms with Gasteiger partial charge in [-0.05, 0) is 51.2 Å². The molecule has 1 aromatic carbocycles. The van der Waals surface area contributed by atoms with Crippen LogP contribution < -0.4 is 5.32 Å². The number of carbonyl (C=O) groups is 1. The molecule has 0 radical (unpaired) electrons. The van der Waals surface area contributed by atoms with E-state index in [4.69, 9.17) is 20.4 Å². The summed E-state index contributed by atoms with van der Waals surface area (Å²) in [6, 6.07) is 9.33. The fourth-order valence-corrected chi connectivity index (χ4v) is 4.03. The molecule has 1 aliphatic rings. The van der Waals surface area contributed by atoms with Crippen LogP contribution in [0, 0.1) is 13.8 Å². The standard InChI is InChI=1S/C22H26ClN3O3/c1-14-4-6-20(28-14)18(26-10-8-25(3)9-11-26)13-24-22(27)21-15(2)17-12-16(23)5-7-19(17)29-21/h4-7,12,18H,8-11,13H2,1-3H3,(H,24,27)/t18-/m1/s1. The van der Waals surface area contributed by atoms with Crippen molar-refractivity contribution >= 4 is 28.5 Å². The molecule has 1 fully saturated rings. The average molecular weight is 416 g/mol. The molecule has 1 aliphatic heterocycles. The predicted molar refractivity (Wildman–Crippen MR) is 114 cm³/mol. The Morgan fingerprint density at radius 2 is 1.90 bits per heavy atom. The van der Waals surface area contributed by atoms with E-state index in [1.54, 1.807) is 12.1 Å². The SMILES string of the molecule is Cc1ccc([C@@H](CNC(=O)c2oc3ccc(Cl)cc3c2C)N2CCN(C)CC2)o1. The second-order valence-electron chi connectivity index (χ2n) is 7.71. The summed E-state index contributed by atoms with van der Waals surface area (Å²) in [4.78, 5) is 17.6. The molecule has 3 heterocycles. The molecule has 154 valence electrons. The maximum atomic E-state index is 12.9. The summed E-state index contributed by atoms with van der Waals surface area (Å²) in [5.41, 5.74) is 1.46. The third-order valence-electron chi connectivity index (χ3n) is 5.63. The van der Waals surface area contributed by atoms with Crippen LogP contribution in [0.25, 0.3) is 11.0 Å². The van der Waals surface area contributed by atoms with Gasteiger partial charge in [-0.3, -0.25) is 9.69 Å². The van der Waals surface area contributed by atoms with Gasteiger partial charge in [0.2, 0.25) is 0 Å². The number of furan rings is 2. The van der Waals surface area contributed by atoms with E-state index < -0.39 is 0 Å². The van der Waals surface area contributed by atoms with E-state index >= 15 is 0 Å². The van der Waals surface area contributed by atoms with Crippen molar-refractivity contribution in [1.82, 2.24) is 15.1 Å². The van der Waals surface area contributed by atoms with Gasteiger partial charge in [0.05, 0.1) is 6.04 Å². The Morgan fingerprint density at radius 1 is 1.14 bits per heavy atom. The van der Waals surface area contributed by atoms with Crippen LogP contribution in [-0.2, 0) is 0 Å². The Morgan fingerprint density at radius 3 is 2.59 bits per heavy atom. The van der Waals surface area contributed by atoms with Crippen molar-refractivity contribution in [3.05, 3.63) is 58.2 Å². The van der Waals surface area contributed by atoms with Gasteiger partial charge in [-0.25, -0.2) is 0 Å². The fraction of sp³-hybridized carbons (Fsp3) is 0.409. The Bertz CT molecular complexity index is 1020. The number of aryl methyl sites for hydroxylation is 2. The molecule has 0 unspecified atom stereocenters. The monoisotopic (exact) mass is 415 g/mol. The van der Waals surface area contributed by atoms with E-state index in [9.17, 15) is 4.79 Å². The lowest BCUT2D eigenvalue weighted by molar-refractivity contribution is 0.0831. The minimum Gasteiger partial charge on any atom is -0.465 e. The van der Waals surface area contributed by atoms with Crippen molar-refractivity contribution in [3.8, 4) is 0 Å². The predicted octanol–water partition coefficient (Wildman–Crippen LogP) is 4.01. The lowest BCUT2D eigenvalue weighted by Gasteiger charge is -2.37. The molecule has 0 bridgehead atoms. The summed E-state index contributed by atoms with van der Waals surface area (Å²) >= 11 is 6.09. The van der Waals surface area contributed by atoms with Gasteiger partial charge in [-0.1, -0.05) is 11.6 Å². The Kier molecular flexibility index (Phi) is 5.67. The number of carbonyl (C=O) groups excluding carboxylic acids is 1. The van der Waals surface area contributed by atoms with Gasteiger partial charge >= 0.3 is 0 Å². The molecule has 0 spiro atoms.